The first kappa shape index (κ1) is 23.9. The van der Waals surface area contributed by atoms with E-state index in [1.165, 1.54) is 11.1 Å². The SMILES string of the molecule is CC(C)(C)c1ccc(C2=NN=C(c3cccc(-c4nnc(-c5ccc(C(C)(C)C)cc5)o4)c3)C2)cc1. The van der Waals surface area contributed by atoms with Crippen molar-refractivity contribution in [2.45, 2.75) is 58.8 Å². The monoisotopic (exact) mass is 476 g/mol. The maximum Gasteiger partial charge on any atom is 0.248 e. The fraction of sp³-hybridized carbons (Fsp3) is 0.290. The Balaban J connectivity index is 1.31. The highest BCUT2D eigenvalue weighted by molar-refractivity contribution is 6.20. The summed E-state index contributed by atoms with van der Waals surface area (Å²) in [6.45, 7) is 13.3. The minimum absolute atomic E-state index is 0.0986. The first-order valence-electron chi connectivity index (χ1n) is 12.4. The van der Waals surface area contributed by atoms with Crippen molar-refractivity contribution in [3.05, 3.63) is 95.1 Å². The van der Waals surface area contributed by atoms with Crippen LogP contribution >= 0.6 is 0 Å². The van der Waals surface area contributed by atoms with Crippen LogP contribution in [0.4, 0.5) is 0 Å². The zero-order valence-electron chi connectivity index (χ0n) is 21.8. The van der Waals surface area contributed by atoms with Gasteiger partial charge in [0.25, 0.3) is 0 Å². The highest BCUT2D eigenvalue weighted by Crippen LogP contribution is 2.29. The van der Waals surface area contributed by atoms with E-state index in [0.717, 1.165) is 33.7 Å². The zero-order valence-corrected chi connectivity index (χ0v) is 21.8. The Kier molecular flexibility index (Phi) is 5.95. The lowest BCUT2D eigenvalue weighted by Crippen LogP contribution is -2.11. The van der Waals surface area contributed by atoms with E-state index in [1.807, 2.05) is 36.4 Å². The molecule has 0 aliphatic carbocycles. The van der Waals surface area contributed by atoms with E-state index in [4.69, 9.17) is 4.42 Å². The molecule has 0 bridgehead atoms. The van der Waals surface area contributed by atoms with Crippen molar-refractivity contribution < 1.29 is 4.42 Å². The van der Waals surface area contributed by atoms with Crippen LogP contribution in [-0.2, 0) is 10.8 Å². The molecule has 182 valence electrons. The van der Waals surface area contributed by atoms with Crippen molar-refractivity contribution in [1.82, 2.24) is 10.2 Å². The van der Waals surface area contributed by atoms with Gasteiger partial charge in [-0.1, -0.05) is 90.1 Å². The topological polar surface area (TPSA) is 63.6 Å². The summed E-state index contributed by atoms with van der Waals surface area (Å²) in [5.74, 6) is 1.00. The van der Waals surface area contributed by atoms with Gasteiger partial charge in [-0.15, -0.1) is 10.2 Å². The van der Waals surface area contributed by atoms with E-state index in [9.17, 15) is 0 Å². The number of nitrogens with zero attached hydrogens (tertiary/aromatic N) is 4. The third-order valence-corrected chi connectivity index (χ3v) is 6.58. The normalized spacial score (nSPS) is 14.1. The van der Waals surface area contributed by atoms with Crippen LogP contribution in [-0.4, -0.2) is 21.6 Å². The summed E-state index contributed by atoms with van der Waals surface area (Å²) in [7, 11) is 0. The lowest BCUT2D eigenvalue weighted by Gasteiger charge is -2.19. The van der Waals surface area contributed by atoms with Gasteiger partial charge >= 0.3 is 0 Å². The molecule has 1 aromatic heterocycles. The zero-order chi connectivity index (χ0) is 25.5. The molecule has 1 aliphatic heterocycles. The maximum atomic E-state index is 6.04. The molecule has 0 amide bonds. The highest BCUT2D eigenvalue weighted by atomic mass is 16.4. The van der Waals surface area contributed by atoms with Crippen LogP contribution < -0.4 is 0 Å². The van der Waals surface area contributed by atoms with E-state index >= 15 is 0 Å². The minimum atomic E-state index is 0.0986. The Labute approximate surface area is 213 Å². The number of hydrogen-bond acceptors (Lipinski definition) is 5. The van der Waals surface area contributed by atoms with Crippen LogP contribution in [0.3, 0.4) is 0 Å². The molecule has 0 radical (unpaired) electrons. The van der Waals surface area contributed by atoms with Gasteiger partial charge in [-0.05, 0) is 57.3 Å². The fourth-order valence-electron chi connectivity index (χ4n) is 4.23. The Morgan fingerprint density at radius 2 is 1.03 bits per heavy atom. The molecule has 0 unspecified atom stereocenters. The van der Waals surface area contributed by atoms with Crippen LogP contribution in [0.5, 0.6) is 0 Å². The molecule has 2 heterocycles. The quantitative estimate of drug-likeness (QED) is 0.305. The van der Waals surface area contributed by atoms with E-state index in [1.54, 1.807) is 0 Å². The van der Waals surface area contributed by atoms with Crippen molar-refractivity contribution in [2.24, 2.45) is 10.2 Å². The molecule has 0 N–H and O–H groups in total. The second-order valence-electron chi connectivity index (χ2n) is 11.4. The lowest BCUT2D eigenvalue weighted by atomic mass is 9.86. The first-order chi connectivity index (χ1) is 17.1. The molecular formula is C31H32N4O. The summed E-state index contributed by atoms with van der Waals surface area (Å²) in [5.41, 5.74) is 8.61. The molecule has 5 nitrogen and oxygen atoms in total. The molecule has 4 aromatic rings. The Morgan fingerprint density at radius 1 is 0.556 bits per heavy atom. The summed E-state index contributed by atoms with van der Waals surface area (Å²) in [6.07, 6.45) is 0.688. The van der Waals surface area contributed by atoms with E-state index in [-0.39, 0.29) is 10.8 Å². The van der Waals surface area contributed by atoms with Gasteiger partial charge in [0, 0.05) is 17.5 Å². The Hall–Kier alpha value is -3.86. The Morgan fingerprint density at radius 3 is 1.58 bits per heavy atom. The molecule has 5 rings (SSSR count). The van der Waals surface area contributed by atoms with Crippen molar-refractivity contribution in [2.75, 3.05) is 0 Å². The van der Waals surface area contributed by atoms with Crippen molar-refractivity contribution in [3.8, 4) is 22.9 Å². The summed E-state index contributed by atoms with van der Waals surface area (Å²) < 4.78 is 6.04. The fourth-order valence-corrected chi connectivity index (χ4v) is 4.23. The molecule has 5 heteroatoms. The van der Waals surface area contributed by atoms with Crippen molar-refractivity contribution >= 4 is 11.4 Å². The number of rotatable bonds is 4. The van der Waals surface area contributed by atoms with Gasteiger partial charge in [0.2, 0.25) is 11.8 Å². The van der Waals surface area contributed by atoms with Crippen LogP contribution in [0.2, 0.25) is 0 Å². The second-order valence-corrected chi connectivity index (χ2v) is 11.4. The van der Waals surface area contributed by atoms with Crippen molar-refractivity contribution in [3.63, 3.8) is 0 Å². The molecule has 0 fully saturated rings. The van der Waals surface area contributed by atoms with Gasteiger partial charge in [0.05, 0.1) is 11.4 Å². The third-order valence-electron chi connectivity index (χ3n) is 6.58. The van der Waals surface area contributed by atoms with Gasteiger partial charge in [-0.25, -0.2) is 0 Å². The number of aromatic nitrogens is 2. The molecule has 0 saturated carbocycles. The number of hydrogen-bond donors (Lipinski definition) is 0. The maximum absolute atomic E-state index is 6.04. The highest BCUT2D eigenvalue weighted by Gasteiger charge is 2.20. The van der Waals surface area contributed by atoms with E-state index < -0.39 is 0 Å². The average molecular weight is 477 g/mol. The molecular weight excluding hydrogens is 444 g/mol. The Bertz CT molecular complexity index is 1440. The molecule has 1 aliphatic rings. The summed E-state index contributed by atoms with van der Waals surface area (Å²) in [4.78, 5) is 0. The summed E-state index contributed by atoms with van der Waals surface area (Å²) in [5, 5.41) is 17.6. The minimum Gasteiger partial charge on any atom is -0.416 e. The van der Waals surface area contributed by atoms with Gasteiger partial charge in [-0.3, -0.25) is 0 Å². The molecule has 0 atom stereocenters. The lowest BCUT2D eigenvalue weighted by molar-refractivity contribution is 0.582. The van der Waals surface area contributed by atoms with Gasteiger partial charge < -0.3 is 4.42 Å². The van der Waals surface area contributed by atoms with Gasteiger partial charge in [-0.2, -0.15) is 10.2 Å². The summed E-state index contributed by atoms with van der Waals surface area (Å²) >= 11 is 0. The third kappa shape index (κ3) is 4.92. The molecule has 0 saturated heterocycles. The standard InChI is InChI=1S/C31H32N4O/c1-30(2,3)24-14-10-20(11-15-24)26-19-27(33-32-26)22-8-7-9-23(18-22)29-35-34-28(36-29)21-12-16-25(17-13-21)31(4,5)6/h7-18H,19H2,1-6H3. The summed E-state index contributed by atoms with van der Waals surface area (Å²) in [6, 6.07) is 25.0. The van der Waals surface area contributed by atoms with Gasteiger partial charge in [0.15, 0.2) is 0 Å². The molecule has 0 spiro atoms. The van der Waals surface area contributed by atoms with Gasteiger partial charge in [0.1, 0.15) is 0 Å². The predicted molar refractivity (Wildman–Crippen MR) is 147 cm³/mol. The molecule has 3 aromatic carbocycles. The predicted octanol–water partition coefficient (Wildman–Crippen LogP) is 7.60. The van der Waals surface area contributed by atoms with Crippen molar-refractivity contribution in [1.29, 1.82) is 0 Å². The second kappa shape index (κ2) is 8.98. The smallest absolute Gasteiger partial charge is 0.248 e. The van der Waals surface area contributed by atoms with Crippen LogP contribution in [0.15, 0.2) is 87.4 Å². The molecule has 36 heavy (non-hydrogen) atoms. The average Bonchev–Trinajstić information content (AvgIpc) is 3.54. The van der Waals surface area contributed by atoms with Crippen LogP contribution in [0.1, 0.15) is 70.2 Å². The van der Waals surface area contributed by atoms with E-state index in [2.05, 4.69) is 98.3 Å². The van der Waals surface area contributed by atoms with E-state index in [0.29, 0.717) is 18.2 Å². The number of benzene rings is 3. The van der Waals surface area contributed by atoms with Crippen LogP contribution in [0.25, 0.3) is 22.9 Å². The first-order valence-corrected chi connectivity index (χ1v) is 12.4. The van der Waals surface area contributed by atoms with Crippen LogP contribution in [0, 0.1) is 0 Å². The largest absolute Gasteiger partial charge is 0.416 e.